The van der Waals surface area contributed by atoms with Crippen molar-refractivity contribution in [2.24, 2.45) is 0 Å². The minimum absolute atomic E-state index is 0.0112. The van der Waals surface area contributed by atoms with E-state index in [1.54, 1.807) is 6.07 Å². The van der Waals surface area contributed by atoms with E-state index in [1.165, 1.54) is 18.2 Å². The summed E-state index contributed by atoms with van der Waals surface area (Å²) >= 11 is 0. The van der Waals surface area contributed by atoms with Gasteiger partial charge in [0.1, 0.15) is 23.1 Å². The van der Waals surface area contributed by atoms with Gasteiger partial charge in [-0.05, 0) is 36.4 Å². The minimum Gasteiger partial charge on any atom is -0.393 e. The van der Waals surface area contributed by atoms with Gasteiger partial charge in [-0.1, -0.05) is 6.07 Å². The number of nitrogens with zero attached hydrogens (tertiary/aromatic N) is 4. The third-order valence-corrected chi connectivity index (χ3v) is 4.16. The molecule has 0 saturated carbocycles. The van der Waals surface area contributed by atoms with Gasteiger partial charge >= 0.3 is 0 Å². The molecular formula is C20H14F3N5O3. The van der Waals surface area contributed by atoms with Crippen molar-refractivity contribution in [3.05, 3.63) is 76.1 Å². The van der Waals surface area contributed by atoms with Crippen LogP contribution in [0.1, 0.15) is 22.5 Å². The van der Waals surface area contributed by atoms with E-state index < -0.39 is 47.6 Å². The maximum Gasteiger partial charge on any atom is 0.284 e. The number of nitrogens with one attached hydrogen (secondary N) is 1. The van der Waals surface area contributed by atoms with Gasteiger partial charge < -0.3 is 10.4 Å². The van der Waals surface area contributed by atoms with Crippen LogP contribution in [0.25, 0.3) is 16.9 Å². The summed E-state index contributed by atoms with van der Waals surface area (Å²) in [6, 6.07) is 8.72. The zero-order chi connectivity index (χ0) is 22.5. The molecule has 1 aromatic carbocycles. The van der Waals surface area contributed by atoms with Crippen LogP contribution in [0, 0.1) is 17.1 Å². The second-order valence-electron chi connectivity index (χ2n) is 6.25. The molecule has 0 bridgehead atoms. The summed E-state index contributed by atoms with van der Waals surface area (Å²) in [7, 11) is 0. The first-order valence-electron chi connectivity index (χ1n) is 8.80. The second kappa shape index (κ2) is 9.19. The Kier molecular flexibility index (Phi) is 6.42. The topological polar surface area (TPSA) is 121 Å². The zero-order valence-corrected chi connectivity index (χ0v) is 15.7. The summed E-state index contributed by atoms with van der Waals surface area (Å²) < 4.78 is 40.0. The van der Waals surface area contributed by atoms with Crippen LogP contribution in [0.4, 0.5) is 13.2 Å². The Bertz CT molecular complexity index is 1210. The number of alkyl halides is 2. The number of aliphatic hydroxyl groups is 1. The van der Waals surface area contributed by atoms with Crippen molar-refractivity contribution in [1.29, 1.82) is 5.26 Å². The molecule has 0 aliphatic heterocycles. The van der Waals surface area contributed by atoms with E-state index in [0.29, 0.717) is 0 Å². The van der Waals surface area contributed by atoms with Gasteiger partial charge in [-0.25, -0.2) is 13.2 Å². The molecule has 31 heavy (non-hydrogen) atoms. The quantitative estimate of drug-likeness (QED) is 0.618. The first-order chi connectivity index (χ1) is 14.8. The number of nitriles is 1. The van der Waals surface area contributed by atoms with Crippen LogP contribution >= 0.6 is 0 Å². The van der Waals surface area contributed by atoms with E-state index >= 15 is 0 Å². The molecule has 1 atom stereocenters. The largest absolute Gasteiger partial charge is 0.393 e. The molecule has 158 valence electrons. The third-order valence-electron chi connectivity index (χ3n) is 4.16. The molecular weight excluding hydrogens is 415 g/mol. The summed E-state index contributed by atoms with van der Waals surface area (Å²) in [5, 5.41) is 24.3. The first-order valence-corrected chi connectivity index (χ1v) is 8.80. The normalized spacial score (nSPS) is 11.7. The third kappa shape index (κ3) is 4.76. The Balaban J connectivity index is 2.17. The molecule has 0 saturated heterocycles. The van der Waals surface area contributed by atoms with Gasteiger partial charge in [-0.3, -0.25) is 14.6 Å². The van der Waals surface area contributed by atoms with E-state index in [9.17, 15) is 22.8 Å². The van der Waals surface area contributed by atoms with Gasteiger partial charge in [0.25, 0.3) is 17.9 Å². The van der Waals surface area contributed by atoms with E-state index in [2.05, 4.69) is 15.4 Å². The number of aliphatic hydroxyl groups excluding tert-OH is 1. The average molecular weight is 429 g/mol. The number of carbonyl (C=O) groups is 1. The van der Waals surface area contributed by atoms with Crippen molar-refractivity contribution in [3.63, 3.8) is 0 Å². The van der Waals surface area contributed by atoms with Gasteiger partial charge in [-0.15, -0.1) is 0 Å². The van der Waals surface area contributed by atoms with Gasteiger partial charge in [0.05, 0.1) is 24.1 Å². The monoisotopic (exact) mass is 429 g/mol. The molecule has 0 radical (unpaired) electrons. The standard InChI is InChI=1S/C20H14F3N5O3/c21-12-2-1-3-14(6-12)28-20(31)15(19(30)26-13(8-24)10-29)7-17(27-28)11-4-5-16(18(22)23)25-9-11/h1-7,9,13,18,29H,10H2,(H,26,30). The summed E-state index contributed by atoms with van der Waals surface area (Å²) in [5.41, 5.74) is -1.61. The fourth-order valence-electron chi connectivity index (χ4n) is 2.62. The van der Waals surface area contributed by atoms with E-state index in [1.807, 2.05) is 0 Å². The summed E-state index contributed by atoms with van der Waals surface area (Å²) in [6.45, 7) is -0.683. The highest BCUT2D eigenvalue weighted by molar-refractivity contribution is 5.95. The Labute approximate surface area is 173 Å². The molecule has 0 aliphatic carbocycles. The fraction of sp³-hybridized carbons (Fsp3) is 0.150. The summed E-state index contributed by atoms with van der Waals surface area (Å²) in [6.07, 6.45) is -1.69. The van der Waals surface area contributed by atoms with Crippen LogP contribution in [0.15, 0.2) is 53.5 Å². The van der Waals surface area contributed by atoms with Crippen LogP contribution in [0.5, 0.6) is 0 Å². The van der Waals surface area contributed by atoms with E-state index in [0.717, 1.165) is 35.1 Å². The highest BCUT2D eigenvalue weighted by Gasteiger charge is 2.20. The molecule has 0 spiro atoms. The number of amides is 1. The predicted octanol–water partition coefficient (Wildman–Crippen LogP) is 1.99. The van der Waals surface area contributed by atoms with Crippen LogP contribution in [0.2, 0.25) is 0 Å². The van der Waals surface area contributed by atoms with Crippen LogP contribution in [-0.4, -0.2) is 38.4 Å². The van der Waals surface area contributed by atoms with Crippen molar-refractivity contribution in [2.45, 2.75) is 12.5 Å². The number of rotatable bonds is 6. The SMILES string of the molecule is N#CC(CO)NC(=O)c1cc(-c2ccc(C(F)F)nc2)nn(-c2cccc(F)c2)c1=O. The molecule has 0 aliphatic rings. The maximum absolute atomic E-state index is 13.7. The van der Waals surface area contributed by atoms with Crippen molar-refractivity contribution < 1.29 is 23.1 Å². The average Bonchev–Trinajstić information content (AvgIpc) is 2.77. The van der Waals surface area contributed by atoms with Crippen molar-refractivity contribution >= 4 is 5.91 Å². The second-order valence-corrected chi connectivity index (χ2v) is 6.25. The molecule has 1 amide bonds. The molecule has 3 rings (SSSR count). The number of pyridine rings is 1. The lowest BCUT2D eigenvalue weighted by molar-refractivity contribution is 0.0929. The summed E-state index contributed by atoms with van der Waals surface area (Å²) in [4.78, 5) is 29.1. The highest BCUT2D eigenvalue weighted by atomic mass is 19.3. The number of carbonyl (C=O) groups excluding carboxylic acids is 1. The lowest BCUT2D eigenvalue weighted by Crippen LogP contribution is -2.40. The maximum atomic E-state index is 13.7. The molecule has 11 heteroatoms. The number of hydrogen-bond donors (Lipinski definition) is 2. The molecule has 0 fully saturated rings. The lowest BCUT2D eigenvalue weighted by atomic mass is 10.1. The Morgan fingerprint density at radius 1 is 1.26 bits per heavy atom. The first kappa shape index (κ1) is 21.7. The molecule has 2 aromatic heterocycles. The van der Waals surface area contributed by atoms with Crippen molar-refractivity contribution in [1.82, 2.24) is 20.1 Å². The van der Waals surface area contributed by atoms with Gasteiger partial charge in [0, 0.05) is 11.8 Å². The van der Waals surface area contributed by atoms with Crippen LogP contribution in [0.3, 0.4) is 0 Å². The van der Waals surface area contributed by atoms with Crippen LogP contribution in [-0.2, 0) is 0 Å². The van der Waals surface area contributed by atoms with Gasteiger partial charge in [0.2, 0.25) is 0 Å². The predicted molar refractivity (Wildman–Crippen MR) is 102 cm³/mol. The Morgan fingerprint density at radius 2 is 2.03 bits per heavy atom. The molecule has 2 N–H and O–H groups in total. The molecule has 8 nitrogen and oxygen atoms in total. The zero-order valence-electron chi connectivity index (χ0n) is 15.7. The number of aromatic nitrogens is 3. The minimum atomic E-state index is -2.79. The fourth-order valence-corrected chi connectivity index (χ4v) is 2.62. The molecule has 1 unspecified atom stereocenters. The highest BCUT2D eigenvalue weighted by Crippen LogP contribution is 2.21. The number of halogens is 3. The summed E-state index contributed by atoms with van der Waals surface area (Å²) in [5.74, 6) is -1.63. The Morgan fingerprint density at radius 3 is 2.61 bits per heavy atom. The Hall–Kier alpha value is -4.04. The van der Waals surface area contributed by atoms with Gasteiger partial charge in [0.15, 0.2) is 0 Å². The number of hydrogen-bond acceptors (Lipinski definition) is 6. The van der Waals surface area contributed by atoms with Crippen molar-refractivity contribution in [2.75, 3.05) is 6.61 Å². The molecule has 2 heterocycles. The van der Waals surface area contributed by atoms with Crippen LogP contribution < -0.4 is 10.9 Å². The van der Waals surface area contributed by atoms with Crippen molar-refractivity contribution in [3.8, 4) is 23.0 Å². The van der Waals surface area contributed by atoms with E-state index in [-0.39, 0.29) is 16.9 Å². The smallest absolute Gasteiger partial charge is 0.284 e. The number of benzene rings is 1. The lowest BCUT2D eigenvalue weighted by Gasteiger charge is -2.13. The van der Waals surface area contributed by atoms with Gasteiger partial charge in [-0.2, -0.15) is 15.0 Å². The van der Waals surface area contributed by atoms with E-state index in [4.69, 9.17) is 10.4 Å². The molecule has 3 aromatic rings.